The van der Waals surface area contributed by atoms with E-state index in [-0.39, 0.29) is 5.91 Å². The van der Waals surface area contributed by atoms with Crippen LogP contribution in [0.3, 0.4) is 0 Å². The Morgan fingerprint density at radius 3 is 2.64 bits per heavy atom. The maximum Gasteiger partial charge on any atom is 0.261 e. The van der Waals surface area contributed by atoms with Gasteiger partial charge in [0.05, 0.1) is 4.88 Å². The second-order valence-electron chi connectivity index (χ2n) is 5.26. The minimum absolute atomic E-state index is 0.0426. The molecule has 2 heterocycles. The third-order valence-corrected chi connectivity index (χ3v) is 3.99. The number of nitrogens with one attached hydrogen (secondary N) is 2. The zero-order valence-electron chi connectivity index (χ0n) is 13.3. The van der Waals surface area contributed by atoms with E-state index in [9.17, 15) is 4.79 Å². The lowest BCUT2D eigenvalue weighted by atomic mass is 10.3. The Balaban J connectivity index is 1.82. The number of thiophene rings is 1. The molecule has 0 atom stereocenters. The Bertz CT molecular complexity index is 653. The summed E-state index contributed by atoms with van der Waals surface area (Å²) < 4.78 is 0. The van der Waals surface area contributed by atoms with Crippen molar-refractivity contribution in [3.05, 3.63) is 33.6 Å². The summed E-state index contributed by atoms with van der Waals surface area (Å²) >= 11 is 1.46. The number of rotatable bonds is 6. The predicted molar refractivity (Wildman–Crippen MR) is 91.0 cm³/mol. The molecule has 0 aliphatic heterocycles. The van der Waals surface area contributed by atoms with Gasteiger partial charge < -0.3 is 15.5 Å². The molecule has 0 saturated carbocycles. The van der Waals surface area contributed by atoms with E-state index in [0.717, 1.165) is 22.0 Å². The van der Waals surface area contributed by atoms with E-state index in [1.165, 1.54) is 11.3 Å². The van der Waals surface area contributed by atoms with Gasteiger partial charge in [-0.05, 0) is 30.9 Å². The Morgan fingerprint density at radius 1 is 1.23 bits per heavy atom. The molecule has 2 aromatic heterocycles. The van der Waals surface area contributed by atoms with Crippen molar-refractivity contribution in [1.29, 1.82) is 0 Å². The smallest absolute Gasteiger partial charge is 0.261 e. The zero-order valence-corrected chi connectivity index (χ0v) is 14.1. The summed E-state index contributed by atoms with van der Waals surface area (Å²) in [6, 6.07) is 3.81. The van der Waals surface area contributed by atoms with Crippen molar-refractivity contribution in [2.24, 2.45) is 0 Å². The van der Waals surface area contributed by atoms with Gasteiger partial charge in [0.25, 0.3) is 5.91 Å². The summed E-state index contributed by atoms with van der Waals surface area (Å²) in [5.74, 6) is 1.39. The van der Waals surface area contributed by atoms with Crippen LogP contribution in [0.2, 0.25) is 0 Å². The highest BCUT2D eigenvalue weighted by molar-refractivity contribution is 7.12. The van der Waals surface area contributed by atoms with Gasteiger partial charge in [0.1, 0.15) is 5.82 Å². The summed E-state index contributed by atoms with van der Waals surface area (Å²) in [5, 5.41) is 7.98. The molecule has 7 heteroatoms. The highest BCUT2D eigenvalue weighted by Crippen LogP contribution is 2.13. The normalized spacial score (nSPS) is 10.4. The molecule has 2 rings (SSSR count). The largest absolute Gasteiger partial charge is 0.363 e. The molecule has 0 bridgehead atoms. The van der Waals surface area contributed by atoms with Crippen molar-refractivity contribution >= 4 is 29.0 Å². The van der Waals surface area contributed by atoms with Gasteiger partial charge >= 0.3 is 0 Å². The van der Waals surface area contributed by atoms with Crippen molar-refractivity contribution < 1.29 is 4.79 Å². The molecule has 22 heavy (non-hydrogen) atoms. The summed E-state index contributed by atoms with van der Waals surface area (Å²) in [4.78, 5) is 23.3. The summed E-state index contributed by atoms with van der Waals surface area (Å²) in [6.45, 7) is 5.00. The molecule has 0 aliphatic rings. The number of aromatic nitrogens is 2. The van der Waals surface area contributed by atoms with Gasteiger partial charge in [0.2, 0.25) is 5.95 Å². The zero-order chi connectivity index (χ0) is 16.1. The molecular formula is C15H21N5OS. The molecule has 2 aromatic rings. The molecule has 1 amide bonds. The highest BCUT2D eigenvalue weighted by Gasteiger charge is 2.07. The second kappa shape index (κ2) is 7.22. The van der Waals surface area contributed by atoms with Crippen LogP contribution in [0.1, 0.15) is 20.9 Å². The molecule has 0 saturated heterocycles. The number of aryl methyl sites for hydroxylation is 2. The van der Waals surface area contributed by atoms with Crippen molar-refractivity contribution in [1.82, 2.24) is 15.3 Å². The lowest BCUT2D eigenvalue weighted by molar-refractivity contribution is 0.0959. The predicted octanol–water partition coefficient (Wildman–Crippen LogP) is 2.06. The number of hydrogen-bond acceptors (Lipinski definition) is 6. The van der Waals surface area contributed by atoms with E-state index >= 15 is 0 Å². The van der Waals surface area contributed by atoms with E-state index in [1.54, 1.807) is 0 Å². The maximum atomic E-state index is 11.9. The van der Waals surface area contributed by atoms with Crippen LogP contribution in [0, 0.1) is 13.8 Å². The van der Waals surface area contributed by atoms with E-state index < -0.39 is 0 Å². The Hall–Kier alpha value is -2.15. The summed E-state index contributed by atoms with van der Waals surface area (Å²) in [5.41, 5.74) is 2.01. The number of amides is 1. The fraction of sp³-hybridized carbons (Fsp3) is 0.400. The van der Waals surface area contributed by atoms with Gasteiger partial charge in [-0.3, -0.25) is 4.79 Å². The van der Waals surface area contributed by atoms with Crippen LogP contribution in [0.4, 0.5) is 11.8 Å². The van der Waals surface area contributed by atoms with Crippen molar-refractivity contribution in [2.75, 3.05) is 37.4 Å². The molecule has 6 nitrogen and oxygen atoms in total. The molecular weight excluding hydrogens is 298 g/mol. The minimum atomic E-state index is -0.0426. The molecule has 0 unspecified atom stereocenters. The maximum absolute atomic E-state index is 11.9. The number of anilines is 2. The van der Waals surface area contributed by atoms with Gasteiger partial charge in [-0.25, -0.2) is 4.98 Å². The van der Waals surface area contributed by atoms with Gasteiger partial charge in [0, 0.05) is 38.9 Å². The molecule has 0 spiro atoms. The Labute approximate surface area is 134 Å². The Kier molecular flexibility index (Phi) is 5.32. The van der Waals surface area contributed by atoms with Crippen LogP contribution < -0.4 is 15.5 Å². The van der Waals surface area contributed by atoms with Crippen LogP contribution in [0.25, 0.3) is 0 Å². The number of hydrogen-bond donors (Lipinski definition) is 2. The van der Waals surface area contributed by atoms with Gasteiger partial charge in [0.15, 0.2) is 0 Å². The third-order valence-electron chi connectivity index (χ3n) is 2.95. The monoisotopic (exact) mass is 319 g/mol. The average molecular weight is 319 g/mol. The first-order valence-corrected chi connectivity index (χ1v) is 7.94. The first kappa shape index (κ1) is 16.2. The van der Waals surface area contributed by atoms with Gasteiger partial charge in [-0.2, -0.15) is 4.98 Å². The molecule has 0 aliphatic carbocycles. The van der Waals surface area contributed by atoms with E-state index in [4.69, 9.17) is 0 Å². The van der Waals surface area contributed by atoms with Gasteiger partial charge in [-0.15, -0.1) is 11.3 Å². The first-order valence-electron chi connectivity index (χ1n) is 7.06. The first-order chi connectivity index (χ1) is 10.5. The van der Waals surface area contributed by atoms with Crippen molar-refractivity contribution in [3.8, 4) is 0 Å². The van der Waals surface area contributed by atoms with Crippen LogP contribution in [-0.4, -0.2) is 43.1 Å². The fourth-order valence-corrected chi connectivity index (χ4v) is 2.66. The summed E-state index contributed by atoms with van der Waals surface area (Å²) in [6.07, 6.45) is 0. The van der Waals surface area contributed by atoms with E-state index in [0.29, 0.717) is 19.0 Å². The number of nitrogens with zero attached hydrogens (tertiary/aromatic N) is 3. The van der Waals surface area contributed by atoms with Crippen LogP contribution in [0.15, 0.2) is 17.5 Å². The van der Waals surface area contributed by atoms with Crippen molar-refractivity contribution in [2.45, 2.75) is 13.8 Å². The number of carbonyl (C=O) groups excluding carboxylic acids is 1. The van der Waals surface area contributed by atoms with Crippen molar-refractivity contribution in [3.63, 3.8) is 0 Å². The molecule has 2 N–H and O–H groups in total. The van der Waals surface area contributed by atoms with Crippen LogP contribution >= 0.6 is 11.3 Å². The van der Waals surface area contributed by atoms with E-state index in [2.05, 4.69) is 20.6 Å². The topological polar surface area (TPSA) is 70.2 Å². The fourth-order valence-electron chi connectivity index (χ4n) is 1.85. The SMILES string of the molecule is Cc1csc(C(=O)NCCNc2nc(C)cc(N(C)C)n2)c1. The third kappa shape index (κ3) is 4.42. The summed E-state index contributed by atoms with van der Waals surface area (Å²) in [7, 11) is 3.88. The lowest BCUT2D eigenvalue weighted by Gasteiger charge is -2.13. The molecule has 0 radical (unpaired) electrons. The second-order valence-corrected chi connectivity index (χ2v) is 6.17. The highest BCUT2D eigenvalue weighted by atomic mass is 32.1. The van der Waals surface area contributed by atoms with Gasteiger partial charge in [-0.1, -0.05) is 0 Å². The van der Waals surface area contributed by atoms with E-state index in [1.807, 2.05) is 50.4 Å². The standard InChI is InChI=1S/C15H21N5OS/c1-10-7-12(22-9-10)14(21)16-5-6-17-15-18-11(2)8-13(19-15)20(3)4/h7-9H,5-6H2,1-4H3,(H,16,21)(H,17,18,19). The quantitative estimate of drug-likeness (QED) is 0.798. The minimum Gasteiger partial charge on any atom is -0.363 e. The molecule has 0 fully saturated rings. The Morgan fingerprint density at radius 2 is 2.00 bits per heavy atom. The van der Waals surface area contributed by atoms with Crippen LogP contribution in [0.5, 0.6) is 0 Å². The molecule has 0 aromatic carbocycles. The lowest BCUT2D eigenvalue weighted by Crippen LogP contribution is -2.28. The van der Waals surface area contributed by atoms with Crippen LogP contribution in [-0.2, 0) is 0 Å². The average Bonchev–Trinajstić information content (AvgIpc) is 2.89. The molecule has 118 valence electrons. The number of carbonyl (C=O) groups is 1.